The van der Waals surface area contributed by atoms with E-state index in [4.69, 9.17) is 32.7 Å². The van der Waals surface area contributed by atoms with Crippen LogP contribution in [0.1, 0.15) is 40.0 Å². The Hall–Kier alpha value is -4.01. The van der Waals surface area contributed by atoms with Crippen molar-refractivity contribution >= 4 is 46.6 Å². The molecule has 0 saturated carbocycles. The van der Waals surface area contributed by atoms with Crippen molar-refractivity contribution in [2.75, 3.05) is 13.7 Å². The molecule has 1 amide bonds. The molecular weight excluding hydrogens is 533 g/mol. The van der Waals surface area contributed by atoms with Gasteiger partial charge in [0.2, 0.25) is 0 Å². The van der Waals surface area contributed by atoms with Gasteiger partial charge in [-0.3, -0.25) is 9.59 Å². The number of Topliss-reactive ketones (excluding diaryl/α,β-unsaturated/α-hetero) is 1. The maximum atomic E-state index is 13.3. The fourth-order valence-corrected chi connectivity index (χ4v) is 4.86. The number of esters is 1. The number of aliphatic hydroxyl groups is 1. The number of likely N-dealkylation sites (tertiary alicyclic amines) is 1. The van der Waals surface area contributed by atoms with Gasteiger partial charge in [0.25, 0.3) is 11.7 Å². The number of aliphatic hydroxyl groups excluding tert-OH is 1. The van der Waals surface area contributed by atoms with Gasteiger partial charge in [0, 0.05) is 11.6 Å². The number of hydrogen-bond acceptors (Lipinski definition) is 7. The highest BCUT2D eigenvalue weighted by Crippen LogP contribution is 2.44. The minimum absolute atomic E-state index is 0.0105. The number of nitrogens with zero attached hydrogens (tertiary/aromatic N) is 1. The van der Waals surface area contributed by atoms with E-state index in [0.717, 1.165) is 0 Å². The molecule has 3 aromatic rings. The van der Waals surface area contributed by atoms with Crippen LogP contribution >= 0.6 is 23.2 Å². The Bertz CT molecular complexity index is 1430. The molecule has 1 atom stereocenters. The Morgan fingerprint density at radius 2 is 1.68 bits per heavy atom. The van der Waals surface area contributed by atoms with Crippen LogP contribution in [0.2, 0.25) is 10.0 Å². The standard InChI is InChI=1S/C28H23Cl2NO7/c1-3-38-28(36)17-6-4-15(5-7-17)14-31-23(16-8-10-19(32)11-9-16)22(25(34)27(31)35)24(33)20-12-18(29)13-21(30)26(20)37-2/h4-13,23,32-33H,3,14H2,1-2H3/b24-22+. The van der Waals surface area contributed by atoms with Crippen molar-refractivity contribution in [3.63, 3.8) is 0 Å². The SMILES string of the molecule is CCOC(=O)c1ccc(CN2C(=O)C(=O)/C(=C(/O)c3cc(Cl)cc(Cl)c3OC)C2c2ccc(O)cc2)cc1. The van der Waals surface area contributed by atoms with Crippen LogP contribution in [-0.4, -0.2) is 46.5 Å². The van der Waals surface area contributed by atoms with Crippen LogP contribution in [0.15, 0.2) is 66.2 Å². The molecule has 3 aromatic carbocycles. The van der Waals surface area contributed by atoms with Gasteiger partial charge in [0.05, 0.1) is 41.5 Å². The number of hydrogen-bond donors (Lipinski definition) is 2. The second-order valence-corrected chi connectivity index (χ2v) is 9.25. The smallest absolute Gasteiger partial charge is 0.338 e. The number of carbonyl (C=O) groups excluding carboxylic acids is 3. The Balaban J connectivity index is 1.83. The highest BCUT2D eigenvalue weighted by molar-refractivity contribution is 6.46. The number of aromatic hydroxyl groups is 1. The average molecular weight is 556 g/mol. The molecule has 1 heterocycles. The zero-order valence-corrected chi connectivity index (χ0v) is 21.9. The van der Waals surface area contributed by atoms with E-state index in [0.29, 0.717) is 16.7 Å². The largest absolute Gasteiger partial charge is 0.508 e. The van der Waals surface area contributed by atoms with Crippen molar-refractivity contribution in [2.24, 2.45) is 0 Å². The Labute approximate surface area is 228 Å². The van der Waals surface area contributed by atoms with Crippen LogP contribution in [0.4, 0.5) is 0 Å². The van der Waals surface area contributed by atoms with E-state index in [1.165, 1.54) is 36.3 Å². The zero-order valence-electron chi connectivity index (χ0n) is 20.4. The molecule has 0 aromatic heterocycles. The van der Waals surface area contributed by atoms with E-state index >= 15 is 0 Å². The van der Waals surface area contributed by atoms with Crippen LogP contribution in [0, 0.1) is 0 Å². The van der Waals surface area contributed by atoms with Crippen LogP contribution in [-0.2, 0) is 20.9 Å². The highest BCUT2D eigenvalue weighted by atomic mass is 35.5. The van der Waals surface area contributed by atoms with E-state index < -0.39 is 29.5 Å². The maximum Gasteiger partial charge on any atom is 0.338 e. The highest BCUT2D eigenvalue weighted by Gasteiger charge is 2.46. The molecule has 1 aliphatic heterocycles. The number of ether oxygens (including phenoxy) is 2. The first-order valence-electron chi connectivity index (χ1n) is 11.5. The predicted molar refractivity (Wildman–Crippen MR) is 141 cm³/mol. The maximum absolute atomic E-state index is 13.3. The number of phenols is 1. The molecule has 2 N–H and O–H groups in total. The lowest BCUT2D eigenvalue weighted by Gasteiger charge is -2.25. The van der Waals surface area contributed by atoms with Crippen molar-refractivity contribution in [1.82, 2.24) is 4.90 Å². The van der Waals surface area contributed by atoms with Gasteiger partial charge in [0.15, 0.2) is 0 Å². The van der Waals surface area contributed by atoms with Gasteiger partial charge in [-0.05, 0) is 54.4 Å². The van der Waals surface area contributed by atoms with E-state index in [1.54, 1.807) is 43.3 Å². The number of methoxy groups -OCH3 is 1. The van der Waals surface area contributed by atoms with E-state index in [1.807, 2.05) is 0 Å². The van der Waals surface area contributed by atoms with E-state index in [9.17, 15) is 24.6 Å². The molecular formula is C28H23Cl2NO7. The third kappa shape index (κ3) is 5.18. The third-order valence-electron chi connectivity index (χ3n) is 6.03. The average Bonchev–Trinajstić information content (AvgIpc) is 3.14. The molecule has 1 fully saturated rings. The van der Waals surface area contributed by atoms with Gasteiger partial charge in [-0.15, -0.1) is 0 Å². The lowest BCUT2D eigenvalue weighted by atomic mass is 9.94. The molecule has 0 bridgehead atoms. The van der Waals surface area contributed by atoms with E-state index in [-0.39, 0.29) is 45.8 Å². The Morgan fingerprint density at radius 1 is 1.03 bits per heavy atom. The normalized spacial score (nSPS) is 16.5. The predicted octanol–water partition coefficient (Wildman–Crippen LogP) is 5.51. The van der Waals surface area contributed by atoms with Crippen molar-refractivity contribution in [2.45, 2.75) is 19.5 Å². The van der Waals surface area contributed by atoms with Gasteiger partial charge >= 0.3 is 5.97 Å². The van der Waals surface area contributed by atoms with Crippen LogP contribution in [0.3, 0.4) is 0 Å². The van der Waals surface area contributed by atoms with Crippen LogP contribution < -0.4 is 4.74 Å². The monoisotopic (exact) mass is 555 g/mol. The summed E-state index contributed by atoms with van der Waals surface area (Å²) in [6.07, 6.45) is 0. The molecule has 10 heteroatoms. The molecule has 8 nitrogen and oxygen atoms in total. The van der Waals surface area contributed by atoms with Gasteiger partial charge in [-0.1, -0.05) is 47.5 Å². The lowest BCUT2D eigenvalue weighted by molar-refractivity contribution is -0.140. The number of amides is 1. The number of phenolic OH excluding ortho intramolecular Hbond substituents is 1. The number of rotatable bonds is 7. The molecule has 38 heavy (non-hydrogen) atoms. The summed E-state index contributed by atoms with van der Waals surface area (Å²) in [5.41, 5.74) is 1.30. The molecule has 0 spiro atoms. The van der Waals surface area contributed by atoms with Crippen molar-refractivity contribution < 1.29 is 34.1 Å². The first-order chi connectivity index (χ1) is 18.2. The molecule has 4 rings (SSSR count). The number of halogens is 2. The van der Waals surface area contributed by atoms with Gasteiger partial charge < -0.3 is 24.6 Å². The van der Waals surface area contributed by atoms with Crippen molar-refractivity contribution in [1.29, 1.82) is 0 Å². The second kappa shape index (κ2) is 11.2. The lowest BCUT2D eigenvalue weighted by Crippen LogP contribution is -2.29. The summed E-state index contributed by atoms with van der Waals surface area (Å²) in [6, 6.07) is 14.2. The second-order valence-electron chi connectivity index (χ2n) is 8.40. The number of carbonyl (C=O) groups is 3. The first kappa shape index (κ1) is 27.0. The minimum Gasteiger partial charge on any atom is -0.508 e. The molecule has 1 saturated heterocycles. The van der Waals surface area contributed by atoms with Crippen molar-refractivity contribution in [3.8, 4) is 11.5 Å². The summed E-state index contributed by atoms with van der Waals surface area (Å²) in [5.74, 6) is -2.67. The Morgan fingerprint density at radius 3 is 2.29 bits per heavy atom. The van der Waals surface area contributed by atoms with Crippen LogP contribution in [0.5, 0.6) is 11.5 Å². The van der Waals surface area contributed by atoms with Gasteiger partial charge in [-0.25, -0.2) is 4.79 Å². The third-order valence-corrected chi connectivity index (χ3v) is 6.53. The summed E-state index contributed by atoms with van der Waals surface area (Å²) < 4.78 is 10.3. The topological polar surface area (TPSA) is 113 Å². The molecule has 1 unspecified atom stereocenters. The van der Waals surface area contributed by atoms with E-state index in [2.05, 4.69) is 0 Å². The number of ketones is 1. The summed E-state index contributed by atoms with van der Waals surface area (Å²) in [7, 11) is 1.35. The molecule has 0 aliphatic carbocycles. The fourth-order valence-electron chi connectivity index (χ4n) is 4.29. The van der Waals surface area contributed by atoms with Crippen molar-refractivity contribution in [3.05, 3.63) is 98.5 Å². The molecule has 1 aliphatic rings. The van der Waals surface area contributed by atoms with Gasteiger partial charge in [-0.2, -0.15) is 0 Å². The number of benzene rings is 3. The molecule has 0 radical (unpaired) electrons. The fraction of sp³-hybridized carbons (Fsp3) is 0.179. The quantitative estimate of drug-likeness (QED) is 0.171. The van der Waals surface area contributed by atoms with Crippen LogP contribution in [0.25, 0.3) is 5.76 Å². The first-order valence-corrected chi connectivity index (χ1v) is 12.3. The summed E-state index contributed by atoms with van der Waals surface area (Å²) in [4.78, 5) is 39.9. The minimum atomic E-state index is -1.01. The summed E-state index contributed by atoms with van der Waals surface area (Å²) >= 11 is 12.4. The summed E-state index contributed by atoms with van der Waals surface area (Å²) in [6.45, 7) is 1.93. The van der Waals surface area contributed by atoms with Gasteiger partial charge in [0.1, 0.15) is 17.3 Å². The zero-order chi connectivity index (χ0) is 27.6. The summed E-state index contributed by atoms with van der Waals surface area (Å²) in [5, 5.41) is 21.5. The molecule has 196 valence electrons. The Kier molecular flexibility index (Phi) is 7.94.